The molecule has 0 amide bonds. The third-order valence-electron chi connectivity index (χ3n) is 9.78. The number of anilines is 6. The molecule has 0 unspecified atom stereocenters. The van der Waals surface area contributed by atoms with Crippen molar-refractivity contribution in [3.05, 3.63) is 217 Å². The molecular weight excluding hydrogens is 629 g/mol. The Morgan fingerprint density at radius 3 is 1.33 bits per heavy atom. The van der Waals surface area contributed by atoms with E-state index in [0.29, 0.717) is 0 Å². The van der Waals surface area contributed by atoms with Crippen LogP contribution in [0.5, 0.6) is 0 Å². The van der Waals surface area contributed by atoms with E-state index in [1.807, 2.05) is 0 Å². The van der Waals surface area contributed by atoms with Crippen molar-refractivity contribution >= 4 is 78.6 Å². The smallest absolute Gasteiger partial charge is 0.0546 e. The normalized spacial score (nSPS) is 11.4. The predicted octanol–water partition coefficient (Wildman–Crippen LogP) is 14.3. The monoisotopic (exact) mass is 664 g/mol. The van der Waals surface area contributed by atoms with Crippen LogP contribution in [-0.2, 0) is 0 Å². The molecule has 0 saturated carbocycles. The van der Waals surface area contributed by atoms with Gasteiger partial charge < -0.3 is 9.80 Å². The number of hydrogen-bond donors (Lipinski definition) is 0. The zero-order valence-electron chi connectivity index (χ0n) is 28.7. The number of rotatable bonds is 8. The molecule has 9 rings (SSSR count). The van der Waals surface area contributed by atoms with Crippen molar-refractivity contribution in [1.82, 2.24) is 0 Å². The van der Waals surface area contributed by atoms with Crippen molar-refractivity contribution in [2.75, 3.05) is 9.80 Å². The van der Waals surface area contributed by atoms with Crippen LogP contribution < -0.4 is 9.80 Å². The summed E-state index contributed by atoms with van der Waals surface area (Å²) < 4.78 is 0. The van der Waals surface area contributed by atoms with Gasteiger partial charge in [-0.05, 0) is 105 Å². The quantitative estimate of drug-likeness (QED) is 0.118. The Balaban J connectivity index is 1.06. The topological polar surface area (TPSA) is 6.48 Å². The SMILES string of the molecule is C(=Cc1ccc(N(c2ccc3ccccc3c2)c2cc3ccccc3c3ccccc23)cc1)c1ccc(N(c2ccccc2)c2ccccc2)cc1. The second-order valence-electron chi connectivity index (χ2n) is 13.1. The predicted molar refractivity (Wildman–Crippen MR) is 224 cm³/mol. The molecule has 9 aromatic carbocycles. The van der Waals surface area contributed by atoms with Crippen LogP contribution in [-0.4, -0.2) is 0 Å². The molecule has 2 heteroatoms. The zero-order valence-corrected chi connectivity index (χ0v) is 28.7. The van der Waals surface area contributed by atoms with Gasteiger partial charge in [-0.2, -0.15) is 0 Å². The Kier molecular flexibility index (Phi) is 8.24. The minimum absolute atomic E-state index is 1.11. The maximum absolute atomic E-state index is 2.40. The Hall–Kier alpha value is -6.90. The standard InChI is InChI=1S/C50H36N2/c1-3-16-42(17-4-1)51(43-18-5-2-6-19-43)44-30-25-37(26-31-44)23-24-38-27-32-45(33-28-38)52(46-34-29-39-13-7-8-14-40(39)35-46)50-36-41-15-9-10-20-47(41)48-21-11-12-22-49(48)50/h1-36H. The van der Waals surface area contributed by atoms with Crippen molar-refractivity contribution < 1.29 is 0 Å². The summed E-state index contributed by atoms with van der Waals surface area (Å²) in [4.78, 5) is 4.69. The van der Waals surface area contributed by atoms with E-state index in [-0.39, 0.29) is 0 Å². The first kappa shape index (κ1) is 31.1. The summed E-state index contributed by atoms with van der Waals surface area (Å²) in [7, 11) is 0. The highest BCUT2D eigenvalue weighted by Crippen LogP contribution is 2.43. The van der Waals surface area contributed by atoms with E-state index in [2.05, 4.69) is 228 Å². The summed E-state index contributed by atoms with van der Waals surface area (Å²) in [6.07, 6.45) is 4.38. The van der Waals surface area contributed by atoms with Crippen molar-refractivity contribution in [3.8, 4) is 0 Å². The number of benzene rings is 9. The minimum atomic E-state index is 1.11. The average Bonchev–Trinajstić information content (AvgIpc) is 3.22. The van der Waals surface area contributed by atoms with E-state index in [0.717, 1.165) is 45.3 Å². The summed E-state index contributed by atoms with van der Waals surface area (Å²) >= 11 is 0. The molecule has 0 aliphatic carbocycles. The molecule has 0 fully saturated rings. The summed E-state index contributed by atoms with van der Waals surface area (Å²) in [6.45, 7) is 0. The van der Waals surface area contributed by atoms with Crippen molar-refractivity contribution in [1.29, 1.82) is 0 Å². The Morgan fingerprint density at radius 1 is 0.269 bits per heavy atom. The van der Waals surface area contributed by atoms with Gasteiger partial charge in [0, 0.05) is 33.8 Å². The molecule has 0 aromatic heterocycles. The van der Waals surface area contributed by atoms with Crippen LogP contribution in [0.2, 0.25) is 0 Å². The molecule has 0 saturated heterocycles. The minimum Gasteiger partial charge on any atom is -0.311 e. The van der Waals surface area contributed by atoms with Gasteiger partial charge in [-0.15, -0.1) is 0 Å². The van der Waals surface area contributed by atoms with E-state index < -0.39 is 0 Å². The van der Waals surface area contributed by atoms with Gasteiger partial charge in [-0.25, -0.2) is 0 Å². The molecule has 9 aromatic rings. The lowest BCUT2D eigenvalue weighted by atomic mass is 9.98. The fraction of sp³-hybridized carbons (Fsp3) is 0. The van der Waals surface area contributed by atoms with Crippen LogP contribution in [0.3, 0.4) is 0 Å². The molecule has 52 heavy (non-hydrogen) atoms. The summed E-state index contributed by atoms with van der Waals surface area (Å²) in [6, 6.07) is 73.8. The van der Waals surface area contributed by atoms with Crippen molar-refractivity contribution in [3.63, 3.8) is 0 Å². The first-order valence-corrected chi connectivity index (χ1v) is 17.8. The van der Waals surface area contributed by atoms with Crippen LogP contribution in [0.25, 0.3) is 44.5 Å². The molecule has 0 aliphatic heterocycles. The molecule has 0 bridgehead atoms. The largest absolute Gasteiger partial charge is 0.311 e. The van der Waals surface area contributed by atoms with E-state index in [1.54, 1.807) is 0 Å². The molecular formula is C50H36N2. The summed E-state index contributed by atoms with van der Waals surface area (Å²) in [5, 5.41) is 7.42. The van der Waals surface area contributed by atoms with E-state index in [9.17, 15) is 0 Å². The highest BCUT2D eigenvalue weighted by atomic mass is 15.1. The van der Waals surface area contributed by atoms with Gasteiger partial charge in [0.25, 0.3) is 0 Å². The molecule has 0 atom stereocenters. The van der Waals surface area contributed by atoms with Gasteiger partial charge in [0.2, 0.25) is 0 Å². The zero-order chi connectivity index (χ0) is 34.7. The van der Waals surface area contributed by atoms with Crippen LogP contribution >= 0.6 is 0 Å². The van der Waals surface area contributed by atoms with Gasteiger partial charge >= 0.3 is 0 Å². The molecule has 0 radical (unpaired) electrons. The maximum Gasteiger partial charge on any atom is 0.0546 e. The first-order valence-electron chi connectivity index (χ1n) is 17.8. The third-order valence-corrected chi connectivity index (χ3v) is 9.78. The van der Waals surface area contributed by atoms with Gasteiger partial charge in [0.05, 0.1) is 5.69 Å². The average molecular weight is 665 g/mol. The van der Waals surface area contributed by atoms with Crippen LogP contribution in [0.1, 0.15) is 11.1 Å². The maximum atomic E-state index is 2.40. The third kappa shape index (κ3) is 6.08. The van der Waals surface area contributed by atoms with Gasteiger partial charge in [-0.3, -0.25) is 0 Å². The van der Waals surface area contributed by atoms with Crippen molar-refractivity contribution in [2.24, 2.45) is 0 Å². The highest BCUT2D eigenvalue weighted by Gasteiger charge is 2.18. The van der Waals surface area contributed by atoms with Crippen LogP contribution in [0.15, 0.2) is 206 Å². The molecule has 0 heterocycles. The Morgan fingerprint density at radius 2 is 0.712 bits per heavy atom. The van der Waals surface area contributed by atoms with Crippen LogP contribution in [0.4, 0.5) is 34.1 Å². The van der Waals surface area contributed by atoms with E-state index in [4.69, 9.17) is 0 Å². The molecule has 0 N–H and O–H groups in total. The van der Waals surface area contributed by atoms with Crippen molar-refractivity contribution in [2.45, 2.75) is 0 Å². The summed E-state index contributed by atoms with van der Waals surface area (Å²) in [5.74, 6) is 0. The number of hydrogen-bond acceptors (Lipinski definition) is 2. The lowest BCUT2D eigenvalue weighted by Crippen LogP contribution is -2.10. The lowest BCUT2D eigenvalue weighted by molar-refractivity contribution is 1.28. The Labute approximate surface area is 304 Å². The first-order chi connectivity index (χ1) is 25.8. The number of nitrogens with zero attached hydrogens (tertiary/aromatic N) is 2. The van der Waals surface area contributed by atoms with Gasteiger partial charge in [-0.1, -0.05) is 152 Å². The van der Waals surface area contributed by atoms with Gasteiger partial charge in [0.15, 0.2) is 0 Å². The fourth-order valence-electron chi connectivity index (χ4n) is 7.23. The lowest BCUT2D eigenvalue weighted by Gasteiger charge is -2.28. The molecule has 0 spiro atoms. The molecule has 2 nitrogen and oxygen atoms in total. The second-order valence-corrected chi connectivity index (χ2v) is 13.1. The fourth-order valence-corrected chi connectivity index (χ4v) is 7.23. The van der Waals surface area contributed by atoms with E-state index >= 15 is 0 Å². The van der Waals surface area contributed by atoms with E-state index in [1.165, 1.54) is 32.3 Å². The second kappa shape index (κ2) is 13.8. The van der Waals surface area contributed by atoms with Gasteiger partial charge in [0.1, 0.15) is 0 Å². The number of fused-ring (bicyclic) bond motifs is 4. The summed E-state index contributed by atoms with van der Waals surface area (Å²) in [5.41, 5.74) is 9.07. The van der Waals surface area contributed by atoms with Crippen LogP contribution in [0, 0.1) is 0 Å². The molecule has 246 valence electrons. The highest BCUT2D eigenvalue weighted by molar-refractivity contribution is 6.14. The molecule has 0 aliphatic rings. The number of para-hydroxylation sites is 2. The Bertz CT molecular complexity index is 2620.